The number of carbonyl (C=O) groups is 1. The number of thiocarbonyl (C=S) groups is 1. The third-order valence-electron chi connectivity index (χ3n) is 3.30. The molecule has 1 saturated heterocycles. The zero-order chi connectivity index (χ0) is 15.7. The first-order valence-corrected chi connectivity index (χ1v) is 7.97. The number of nitrogens with zero attached hydrogens (tertiary/aromatic N) is 1. The third kappa shape index (κ3) is 2.91. The minimum Gasteiger partial charge on any atom is -0.399 e. The summed E-state index contributed by atoms with van der Waals surface area (Å²) in [6, 6.07) is 15.2. The van der Waals surface area contributed by atoms with Crippen LogP contribution in [0.25, 0.3) is 6.08 Å². The summed E-state index contributed by atoms with van der Waals surface area (Å²) in [7, 11) is 0. The van der Waals surface area contributed by atoms with Crippen LogP contribution in [0, 0.1) is 6.92 Å². The van der Waals surface area contributed by atoms with Gasteiger partial charge in [0.1, 0.15) is 0 Å². The molecule has 22 heavy (non-hydrogen) atoms. The van der Waals surface area contributed by atoms with E-state index in [4.69, 9.17) is 18.0 Å². The van der Waals surface area contributed by atoms with Crippen LogP contribution in [0.1, 0.15) is 11.1 Å². The molecule has 0 aromatic heterocycles. The fourth-order valence-electron chi connectivity index (χ4n) is 2.17. The molecule has 2 N–H and O–H groups in total. The second-order valence-corrected chi connectivity index (χ2v) is 6.70. The van der Waals surface area contributed by atoms with Crippen molar-refractivity contribution >= 4 is 51.7 Å². The van der Waals surface area contributed by atoms with Crippen molar-refractivity contribution in [1.82, 2.24) is 0 Å². The lowest BCUT2D eigenvalue weighted by atomic mass is 10.1. The summed E-state index contributed by atoms with van der Waals surface area (Å²) in [5.41, 5.74) is 9.27. The SMILES string of the molecule is Cc1ccc(/C=C2/SC(=S)N(c3cccc(N)c3)C2=O)cc1. The van der Waals surface area contributed by atoms with E-state index < -0.39 is 0 Å². The number of nitrogens with two attached hydrogens (primary N) is 1. The van der Waals surface area contributed by atoms with E-state index in [1.807, 2.05) is 49.4 Å². The van der Waals surface area contributed by atoms with Gasteiger partial charge >= 0.3 is 0 Å². The smallest absolute Gasteiger partial charge is 0.270 e. The normalized spacial score (nSPS) is 16.6. The van der Waals surface area contributed by atoms with Crippen LogP contribution < -0.4 is 10.6 Å². The highest BCUT2D eigenvalue weighted by molar-refractivity contribution is 8.27. The van der Waals surface area contributed by atoms with Gasteiger partial charge in [-0.1, -0.05) is 59.9 Å². The van der Waals surface area contributed by atoms with Crippen LogP contribution in [0.15, 0.2) is 53.4 Å². The van der Waals surface area contributed by atoms with E-state index in [0.717, 1.165) is 5.56 Å². The molecule has 0 aliphatic carbocycles. The summed E-state index contributed by atoms with van der Waals surface area (Å²) in [5.74, 6) is -0.110. The Morgan fingerprint density at radius 3 is 2.59 bits per heavy atom. The summed E-state index contributed by atoms with van der Waals surface area (Å²) < 4.78 is 0.522. The zero-order valence-corrected chi connectivity index (χ0v) is 13.6. The zero-order valence-electron chi connectivity index (χ0n) is 11.9. The number of thioether (sulfide) groups is 1. The van der Waals surface area contributed by atoms with Crippen LogP contribution in [-0.2, 0) is 4.79 Å². The maximum atomic E-state index is 12.6. The topological polar surface area (TPSA) is 46.3 Å². The molecule has 0 saturated carbocycles. The highest BCUT2D eigenvalue weighted by Gasteiger charge is 2.33. The van der Waals surface area contributed by atoms with Gasteiger partial charge < -0.3 is 5.73 Å². The van der Waals surface area contributed by atoms with Gasteiger partial charge in [-0.25, -0.2) is 0 Å². The summed E-state index contributed by atoms with van der Waals surface area (Å²) in [5, 5.41) is 0. The van der Waals surface area contributed by atoms with Gasteiger partial charge in [0, 0.05) is 5.69 Å². The van der Waals surface area contributed by atoms with Gasteiger partial charge in [0.25, 0.3) is 5.91 Å². The van der Waals surface area contributed by atoms with Crippen molar-refractivity contribution < 1.29 is 4.79 Å². The van der Waals surface area contributed by atoms with Crippen LogP contribution in [0.4, 0.5) is 11.4 Å². The second-order valence-electron chi connectivity index (χ2n) is 5.02. The molecule has 1 fully saturated rings. The molecule has 3 nitrogen and oxygen atoms in total. The van der Waals surface area contributed by atoms with E-state index in [1.54, 1.807) is 12.1 Å². The fourth-order valence-corrected chi connectivity index (χ4v) is 3.47. The molecule has 2 aromatic rings. The van der Waals surface area contributed by atoms with Gasteiger partial charge in [-0.3, -0.25) is 9.69 Å². The number of rotatable bonds is 2. The first-order valence-electron chi connectivity index (χ1n) is 6.75. The Labute approximate surface area is 138 Å². The molecule has 110 valence electrons. The van der Waals surface area contributed by atoms with Crippen molar-refractivity contribution in [1.29, 1.82) is 0 Å². The molecule has 0 spiro atoms. The van der Waals surface area contributed by atoms with Crippen LogP contribution in [0.5, 0.6) is 0 Å². The Morgan fingerprint density at radius 2 is 1.91 bits per heavy atom. The van der Waals surface area contributed by atoms with Gasteiger partial charge in [0.2, 0.25) is 0 Å². The van der Waals surface area contributed by atoms with Crippen LogP contribution in [-0.4, -0.2) is 10.2 Å². The minimum absolute atomic E-state index is 0.110. The van der Waals surface area contributed by atoms with Gasteiger partial charge in [-0.05, 0) is 36.8 Å². The number of carbonyl (C=O) groups excluding carboxylic acids is 1. The molecule has 1 aliphatic rings. The number of benzene rings is 2. The molecule has 0 unspecified atom stereocenters. The second kappa shape index (κ2) is 5.94. The Hall–Kier alpha value is -2.11. The summed E-state index contributed by atoms with van der Waals surface area (Å²) in [6.07, 6.45) is 1.87. The number of hydrogen-bond donors (Lipinski definition) is 1. The maximum absolute atomic E-state index is 12.6. The number of anilines is 2. The van der Waals surface area contributed by atoms with Crippen molar-refractivity contribution in [2.45, 2.75) is 6.92 Å². The minimum atomic E-state index is -0.110. The molecule has 3 rings (SSSR count). The summed E-state index contributed by atoms with van der Waals surface area (Å²) in [6.45, 7) is 2.03. The number of hydrogen-bond acceptors (Lipinski definition) is 4. The Kier molecular flexibility index (Phi) is 4.00. The lowest BCUT2D eigenvalue weighted by Gasteiger charge is -2.14. The lowest BCUT2D eigenvalue weighted by Crippen LogP contribution is -2.27. The summed E-state index contributed by atoms with van der Waals surface area (Å²) in [4.78, 5) is 14.8. The van der Waals surface area contributed by atoms with E-state index in [2.05, 4.69) is 0 Å². The molecular weight excluding hydrogens is 312 g/mol. The Morgan fingerprint density at radius 1 is 1.18 bits per heavy atom. The van der Waals surface area contributed by atoms with Crippen molar-refractivity contribution in [3.8, 4) is 0 Å². The molecule has 0 radical (unpaired) electrons. The van der Waals surface area contributed by atoms with Crippen LogP contribution in [0.3, 0.4) is 0 Å². The monoisotopic (exact) mass is 326 g/mol. The molecule has 2 aromatic carbocycles. The van der Waals surface area contributed by atoms with E-state index in [-0.39, 0.29) is 5.91 Å². The van der Waals surface area contributed by atoms with Gasteiger partial charge in [-0.2, -0.15) is 0 Å². The van der Waals surface area contributed by atoms with Crippen molar-refractivity contribution in [2.75, 3.05) is 10.6 Å². The molecule has 1 heterocycles. The standard InChI is InChI=1S/C17H14N2OS2/c1-11-5-7-12(8-6-11)9-15-16(20)19(17(21)22-15)14-4-2-3-13(18)10-14/h2-10H,18H2,1H3/b15-9+. The van der Waals surface area contributed by atoms with Gasteiger partial charge in [-0.15, -0.1) is 0 Å². The maximum Gasteiger partial charge on any atom is 0.270 e. The average Bonchev–Trinajstić information content (AvgIpc) is 2.76. The molecular formula is C17H14N2OS2. The predicted octanol–water partition coefficient (Wildman–Crippen LogP) is 3.98. The highest BCUT2D eigenvalue weighted by atomic mass is 32.2. The Bertz CT molecular complexity index is 782. The number of amides is 1. The van der Waals surface area contributed by atoms with Gasteiger partial charge in [0.05, 0.1) is 10.6 Å². The van der Waals surface area contributed by atoms with Gasteiger partial charge in [0.15, 0.2) is 4.32 Å². The first kappa shape index (κ1) is 14.8. The molecule has 1 aliphatic heterocycles. The van der Waals surface area contributed by atoms with E-state index >= 15 is 0 Å². The van der Waals surface area contributed by atoms with E-state index in [1.165, 1.54) is 22.2 Å². The van der Waals surface area contributed by atoms with E-state index in [0.29, 0.717) is 20.6 Å². The highest BCUT2D eigenvalue weighted by Crippen LogP contribution is 2.36. The number of aryl methyl sites for hydroxylation is 1. The summed E-state index contributed by atoms with van der Waals surface area (Å²) >= 11 is 6.65. The number of nitrogen functional groups attached to an aromatic ring is 1. The molecule has 5 heteroatoms. The first-order chi connectivity index (χ1) is 10.5. The molecule has 1 amide bonds. The largest absolute Gasteiger partial charge is 0.399 e. The van der Waals surface area contributed by atoms with E-state index in [9.17, 15) is 4.79 Å². The third-order valence-corrected chi connectivity index (χ3v) is 4.60. The van der Waals surface area contributed by atoms with Crippen LogP contribution in [0.2, 0.25) is 0 Å². The quantitative estimate of drug-likeness (QED) is 0.515. The van der Waals surface area contributed by atoms with Crippen molar-refractivity contribution in [3.05, 3.63) is 64.6 Å². The fraction of sp³-hybridized carbons (Fsp3) is 0.0588. The molecule has 0 bridgehead atoms. The van der Waals surface area contributed by atoms with Crippen molar-refractivity contribution in [2.24, 2.45) is 0 Å². The lowest BCUT2D eigenvalue weighted by molar-refractivity contribution is -0.113. The predicted molar refractivity (Wildman–Crippen MR) is 97.7 cm³/mol. The Balaban J connectivity index is 1.93. The van der Waals surface area contributed by atoms with Crippen LogP contribution >= 0.6 is 24.0 Å². The molecule has 0 atom stereocenters. The van der Waals surface area contributed by atoms with Crippen molar-refractivity contribution in [3.63, 3.8) is 0 Å². The average molecular weight is 326 g/mol.